The van der Waals surface area contributed by atoms with Crippen molar-refractivity contribution >= 4 is 11.8 Å². The third-order valence-electron chi connectivity index (χ3n) is 3.15. The lowest BCUT2D eigenvalue weighted by atomic mass is 10.1. The maximum Gasteiger partial charge on any atom is 0.343 e. The van der Waals surface area contributed by atoms with E-state index < -0.39 is 5.97 Å². The summed E-state index contributed by atoms with van der Waals surface area (Å²) in [6.45, 7) is 2.19. The summed E-state index contributed by atoms with van der Waals surface area (Å²) in [7, 11) is 2.73. The molecule has 0 spiro atoms. The van der Waals surface area contributed by atoms with Crippen molar-refractivity contribution in [3.63, 3.8) is 0 Å². The molecule has 0 aliphatic carbocycles. The van der Waals surface area contributed by atoms with Crippen molar-refractivity contribution in [3.8, 4) is 5.88 Å². The van der Waals surface area contributed by atoms with Gasteiger partial charge >= 0.3 is 5.97 Å². The molecule has 1 heterocycles. The molecule has 2 rings (SSSR count). The van der Waals surface area contributed by atoms with Crippen LogP contribution in [0, 0.1) is 12.7 Å². The van der Waals surface area contributed by atoms with Crippen molar-refractivity contribution < 1.29 is 18.7 Å². The van der Waals surface area contributed by atoms with Crippen LogP contribution in [0.15, 0.2) is 30.3 Å². The summed E-state index contributed by atoms with van der Waals surface area (Å²) in [6.07, 6.45) is 0. The van der Waals surface area contributed by atoms with Gasteiger partial charge in [-0.1, -0.05) is 12.1 Å². The molecule has 116 valence electrons. The number of aromatic nitrogens is 1. The Morgan fingerprint density at radius 1 is 1.27 bits per heavy atom. The molecular weight excluding hydrogens is 287 g/mol. The van der Waals surface area contributed by atoms with Gasteiger partial charge in [0, 0.05) is 6.54 Å². The fourth-order valence-electron chi connectivity index (χ4n) is 1.97. The van der Waals surface area contributed by atoms with E-state index >= 15 is 0 Å². The second-order valence-electron chi connectivity index (χ2n) is 4.68. The Labute approximate surface area is 128 Å². The van der Waals surface area contributed by atoms with Gasteiger partial charge in [-0.3, -0.25) is 0 Å². The number of carbonyl (C=O) groups is 1. The largest absolute Gasteiger partial charge is 0.480 e. The zero-order valence-corrected chi connectivity index (χ0v) is 12.6. The number of anilines is 1. The van der Waals surface area contributed by atoms with Crippen LogP contribution in [0.2, 0.25) is 0 Å². The summed E-state index contributed by atoms with van der Waals surface area (Å²) in [5.41, 5.74) is 1.77. The number of hydrogen-bond donors (Lipinski definition) is 1. The molecular formula is C16H17FN2O3. The highest BCUT2D eigenvalue weighted by molar-refractivity contribution is 5.92. The molecule has 0 saturated heterocycles. The molecule has 0 fully saturated rings. The van der Waals surface area contributed by atoms with Gasteiger partial charge in [-0.05, 0) is 36.2 Å². The van der Waals surface area contributed by atoms with E-state index in [-0.39, 0.29) is 17.3 Å². The molecule has 0 aliphatic heterocycles. The number of pyridine rings is 1. The SMILES string of the molecule is COC(=O)c1ccc(NCc2ccc(F)c(C)c2)nc1OC. The van der Waals surface area contributed by atoms with E-state index in [1.165, 1.54) is 20.3 Å². The highest BCUT2D eigenvalue weighted by Gasteiger charge is 2.14. The number of nitrogens with zero attached hydrogens (tertiary/aromatic N) is 1. The number of esters is 1. The van der Waals surface area contributed by atoms with E-state index in [2.05, 4.69) is 15.0 Å². The first-order chi connectivity index (χ1) is 10.5. The fraction of sp³-hybridized carbons (Fsp3) is 0.250. The predicted octanol–water partition coefficient (Wildman–Crippen LogP) is 2.94. The average molecular weight is 304 g/mol. The van der Waals surface area contributed by atoms with Gasteiger partial charge in [0.1, 0.15) is 17.2 Å². The third-order valence-corrected chi connectivity index (χ3v) is 3.15. The van der Waals surface area contributed by atoms with Crippen molar-refractivity contribution in [1.82, 2.24) is 4.98 Å². The molecule has 6 heteroatoms. The topological polar surface area (TPSA) is 60.5 Å². The van der Waals surface area contributed by atoms with Crippen LogP contribution < -0.4 is 10.1 Å². The summed E-state index contributed by atoms with van der Waals surface area (Å²) in [4.78, 5) is 15.8. The second-order valence-corrected chi connectivity index (χ2v) is 4.68. The van der Waals surface area contributed by atoms with Crippen molar-refractivity contribution in [2.24, 2.45) is 0 Å². The monoisotopic (exact) mass is 304 g/mol. The number of methoxy groups -OCH3 is 2. The normalized spacial score (nSPS) is 10.2. The minimum Gasteiger partial charge on any atom is -0.480 e. The third kappa shape index (κ3) is 3.52. The first-order valence-corrected chi connectivity index (χ1v) is 6.67. The van der Waals surface area contributed by atoms with Crippen LogP contribution in [-0.2, 0) is 11.3 Å². The van der Waals surface area contributed by atoms with Crippen molar-refractivity contribution in [1.29, 1.82) is 0 Å². The molecule has 0 atom stereocenters. The lowest BCUT2D eigenvalue weighted by Crippen LogP contribution is -2.08. The zero-order valence-electron chi connectivity index (χ0n) is 12.6. The number of carbonyl (C=O) groups excluding carboxylic acids is 1. The summed E-state index contributed by atoms with van der Waals surface area (Å²) in [6, 6.07) is 8.14. The molecule has 0 bridgehead atoms. The summed E-state index contributed by atoms with van der Waals surface area (Å²) >= 11 is 0. The Hall–Kier alpha value is -2.63. The van der Waals surface area contributed by atoms with Crippen LogP contribution in [0.1, 0.15) is 21.5 Å². The lowest BCUT2D eigenvalue weighted by molar-refractivity contribution is 0.0596. The van der Waals surface area contributed by atoms with Gasteiger partial charge in [0.25, 0.3) is 0 Å². The molecule has 0 unspecified atom stereocenters. The smallest absolute Gasteiger partial charge is 0.343 e. The quantitative estimate of drug-likeness (QED) is 0.861. The zero-order chi connectivity index (χ0) is 16.1. The molecule has 2 aromatic rings. The van der Waals surface area contributed by atoms with E-state index in [0.717, 1.165) is 5.56 Å². The Kier molecular flexibility index (Phi) is 4.93. The molecule has 1 aromatic heterocycles. The number of halogens is 1. The molecule has 1 aromatic carbocycles. The standard InChI is InChI=1S/C16H17FN2O3/c1-10-8-11(4-6-13(10)17)9-18-14-7-5-12(16(20)22-3)15(19-14)21-2/h4-8H,9H2,1-3H3,(H,18,19). The summed E-state index contributed by atoms with van der Waals surface area (Å²) in [5.74, 6) is -0.00495. The Morgan fingerprint density at radius 2 is 2.05 bits per heavy atom. The second kappa shape index (κ2) is 6.89. The maximum absolute atomic E-state index is 13.2. The van der Waals surface area contributed by atoms with E-state index in [1.807, 2.05) is 0 Å². The Morgan fingerprint density at radius 3 is 2.68 bits per heavy atom. The number of hydrogen-bond acceptors (Lipinski definition) is 5. The molecule has 22 heavy (non-hydrogen) atoms. The maximum atomic E-state index is 13.2. The Bertz CT molecular complexity index is 689. The minimum absolute atomic E-state index is 0.187. The molecule has 0 amide bonds. The highest BCUT2D eigenvalue weighted by Crippen LogP contribution is 2.20. The van der Waals surface area contributed by atoms with Gasteiger partial charge in [0.15, 0.2) is 0 Å². The van der Waals surface area contributed by atoms with Gasteiger partial charge in [0.05, 0.1) is 14.2 Å². The molecule has 5 nitrogen and oxygen atoms in total. The summed E-state index contributed by atoms with van der Waals surface area (Å²) < 4.78 is 23.0. The van der Waals surface area contributed by atoms with Gasteiger partial charge in [-0.15, -0.1) is 0 Å². The van der Waals surface area contributed by atoms with Crippen LogP contribution in [0.25, 0.3) is 0 Å². The first kappa shape index (κ1) is 15.8. The van der Waals surface area contributed by atoms with E-state index in [4.69, 9.17) is 4.74 Å². The number of rotatable bonds is 5. The number of aryl methyl sites for hydroxylation is 1. The molecule has 1 N–H and O–H groups in total. The number of nitrogens with one attached hydrogen (secondary N) is 1. The minimum atomic E-state index is -0.509. The average Bonchev–Trinajstić information content (AvgIpc) is 2.54. The van der Waals surface area contributed by atoms with E-state index in [9.17, 15) is 9.18 Å². The number of benzene rings is 1. The van der Waals surface area contributed by atoms with E-state index in [0.29, 0.717) is 17.9 Å². The van der Waals surface area contributed by atoms with Gasteiger partial charge in [0.2, 0.25) is 5.88 Å². The van der Waals surface area contributed by atoms with E-state index in [1.54, 1.807) is 31.2 Å². The fourth-order valence-corrected chi connectivity index (χ4v) is 1.97. The number of ether oxygens (including phenoxy) is 2. The van der Waals surface area contributed by atoms with Crippen LogP contribution in [0.3, 0.4) is 0 Å². The van der Waals surface area contributed by atoms with Gasteiger partial charge in [-0.25, -0.2) is 9.18 Å². The molecule has 0 saturated carbocycles. The lowest BCUT2D eigenvalue weighted by Gasteiger charge is -2.10. The van der Waals surface area contributed by atoms with Gasteiger partial charge < -0.3 is 14.8 Å². The van der Waals surface area contributed by atoms with Crippen LogP contribution in [0.5, 0.6) is 5.88 Å². The highest BCUT2D eigenvalue weighted by atomic mass is 19.1. The van der Waals surface area contributed by atoms with Gasteiger partial charge in [-0.2, -0.15) is 4.98 Å². The van der Waals surface area contributed by atoms with Crippen LogP contribution in [-0.4, -0.2) is 25.2 Å². The molecule has 0 aliphatic rings. The van der Waals surface area contributed by atoms with Crippen molar-refractivity contribution in [3.05, 3.63) is 52.8 Å². The first-order valence-electron chi connectivity index (χ1n) is 6.67. The van der Waals surface area contributed by atoms with Crippen LogP contribution >= 0.6 is 0 Å². The Balaban J connectivity index is 2.13. The van der Waals surface area contributed by atoms with Crippen LogP contribution in [0.4, 0.5) is 10.2 Å². The van der Waals surface area contributed by atoms with Crippen molar-refractivity contribution in [2.45, 2.75) is 13.5 Å². The molecule has 0 radical (unpaired) electrons. The van der Waals surface area contributed by atoms with Crippen molar-refractivity contribution in [2.75, 3.05) is 19.5 Å². The predicted molar refractivity (Wildman–Crippen MR) is 80.6 cm³/mol. The summed E-state index contributed by atoms with van der Waals surface area (Å²) in [5, 5.41) is 3.10.